The number of carbonyl (C=O) groups is 1. The quantitative estimate of drug-likeness (QED) is 0.735. The number of rotatable bonds is 5. The lowest BCUT2D eigenvalue weighted by molar-refractivity contribution is -0.137. The number of amides is 1. The van der Waals surface area contributed by atoms with Gasteiger partial charge in [-0.1, -0.05) is 0 Å². The Morgan fingerprint density at radius 3 is 2.78 bits per heavy atom. The molecule has 1 aromatic heterocycles. The Balaban J connectivity index is 1.56. The highest BCUT2D eigenvalue weighted by Gasteiger charge is 2.35. The van der Waals surface area contributed by atoms with Crippen LogP contribution in [0.1, 0.15) is 30.4 Å². The van der Waals surface area contributed by atoms with Crippen LogP contribution in [0.3, 0.4) is 0 Å². The zero-order valence-electron chi connectivity index (χ0n) is 14.4. The van der Waals surface area contributed by atoms with Gasteiger partial charge in [-0.3, -0.25) is 4.79 Å². The third-order valence-electron chi connectivity index (χ3n) is 4.61. The summed E-state index contributed by atoms with van der Waals surface area (Å²) in [5, 5.41) is 8.53. The molecule has 0 spiro atoms. The number of halogens is 3. The predicted molar refractivity (Wildman–Crippen MR) is 94.9 cm³/mol. The second-order valence-electron chi connectivity index (χ2n) is 6.82. The monoisotopic (exact) mass is 377 g/mol. The first kappa shape index (κ1) is 17.6. The molecule has 142 valence electrons. The van der Waals surface area contributed by atoms with Crippen LogP contribution in [0.5, 0.6) is 0 Å². The second-order valence-corrected chi connectivity index (χ2v) is 6.82. The molecule has 0 atom stereocenters. The van der Waals surface area contributed by atoms with E-state index < -0.39 is 11.7 Å². The molecule has 1 saturated carbocycles. The molecule has 2 aromatic rings. The van der Waals surface area contributed by atoms with Crippen LogP contribution < -0.4 is 16.0 Å². The number of aryl methyl sites for hydroxylation is 1. The Morgan fingerprint density at radius 1 is 1.22 bits per heavy atom. The van der Waals surface area contributed by atoms with Gasteiger partial charge in [0.05, 0.1) is 0 Å². The average Bonchev–Trinajstić information content (AvgIpc) is 3.44. The minimum absolute atomic E-state index is 0.0272. The van der Waals surface area contributed by atoms with Gasteiger partial charge < -0.3 is 16.0 Å². The first-order valence-corrected chi connectivity index (χ1v) is 8.76. The molecule has 2 aliphatic rings. The minimum atomic E-state index is -4.52. The van der Waals surface area contributed by atoms with Crippen molar-refractivity contribution in [2.75, 3.05) is 22.5 Å². The molecule has 0 saturated heterocycles. The van der Waals surface area contributed by atoms with Crippen molar-refractivity contribution in [1.29, 1.82) is 0 Å². The zero-order chi connectivity index (χ0) is 19.0. The molecule has 1 aliphatic carbocycles. The Bertz CT molecular complexity index is 880. The number of nitrogens with zero attached hydrogens (tertiary/aromatic N) is 2. The van der Waals surface area contributed by atoms with E-state index in [1.54, 1.807) is 12.1 Å². The molecule has 0 unspecified atom stereocenters. The highest BCUT2D eigenvalue weighted by molar-refractivity contribution is 5.94. The van der Waals surface area contributed by atoms with Crippen LogP contribution in [-0.4, -0.2) is 22.4 Å². The number of aromatic nitrogens is 2. The molecule has 1 amide bonds. The average molecular weight is 377 g/mol. The van der Waals surface area contributed by atoms with Crippen LogP contribution in [0.2, 0.25) is 0 Å². The highest BCUT2D eigenvalue weighted by Crippen LogP contribution is 2.36. The van der Waals surface area contributed by atoms with E-state index in [1.807, 2.05) is 6.07 Å². The topological polar surface area (TPSA) is 78.9 Å². The molecular formula is C18H18F3N5O. The summed E-state index contributed by atoms with van der Waals surface area (Å²) in [6.45, 7) is 0.470. The van der Waals surface area contributed by atoms with E-state index >= 15 is 0 Å². The molecule has 0 radical (unpaired) electrons. The molecule has 6 nitrogen and oxygen atoms in total. The number of fused-ring (bicyclic) bond motifs is 1. The summed E-state index contributed by atoms with van der Waals surface area (Å²) in [4.78, 5) is 19.3. The van der Waals surface area contributed by atoms with E-state index in [0.717, 1.165) is 30.3 Å². The molecule has 4 rings (SSSR count). The van der Waals surface area contributed by atoms with Crippen LogP contribution in [0.25, 0.3) is 0 Å². The van der Waals surface area contributed by atoms with Crippen molar-refractivity contribution >= 4 is 29.0 Å². The van der Waals surface area contributed by atoms with Crippen molar-refractivity contribution < 1.29 is 18.0 Å². The number of hydrogen-bond acceptors (Lipinski definition) is 5. The Kier molecular flexibility index (Phi) is 4.37. The van der Waals surface area contributed by atoms with Crippen molar-refractivity contribution in [2.24, 2.45) is 5.92 Å². The van der Waals surface area contributed by atoms with Gasteiger partial charge in [0.1, 0.15) is 11.4 Å². The van der Waals surface area contributed by atoms with Crippen LogP contribution in [0.15, 0.2) is 24.4 Å². The van der Waals surface area contributed by atoms with E-state index in [1.165, 1.54) is 0 Å². The normalized spacial score (nSPS) is 16.5. The molecule has 1 fully saturated rings. The molecule has 1 aliphatic heterocycles. The fraction of sp³-hybridized carbons (Fsp3) is 0.389. The van der Waals surface area contributed by atoms with Crippen molar-refractivity contribution in [1.82, 2.24) is 9.97 Å². The standard InChI is InChI=1S/C18H18F3N5O/c19-18(20,21)13-9-23-17(26-16(13)22-8-10-1-2-10)24-12-4-5-14-11(7-12)3-6-15(27)25-14/h4-5,7,9-10H,1-3,6,8H2,(H,25,27)(H2,22,23,24,26). The van der Waals surface area contributed by atoms with E-state index in [2.05, 4.69) is 25.9 Å². The predicted octanol–water partition coefficient (Wildman–Crippen LogP) is 3.95. The lowest BCUT2D eigenvalue weighted by Crippen LogP contribution is -2.19. The SMILES string of the molecule is O=C1CCc2cc(Nc3ncc(C(F)(F)F)c(NCC4CC4)n3)ccc2N1. The van der Waals surface area contributed by atoms with Crippen LogP contribution in [0.4, 0.5) is 36.3 Å². The third-order valence-corrected chi connectivity index (χ3v) is 4.61. The van der Waals surface area contributed by atoms with Gasteiger partial charge in [-0.15, -0.1) is 0 Å². The number of hydrogen-bond donors (Lipinski definition) is 3. The third kappa shape index (κ3) is 4.12. The zero-order valence-corrected chi connectivity index (χ0v) is 14.4. The van der Waals surface area contributed by atoms with Crippen LogP contribution >= 0.6 is 0 Å². The second kappa shape index (κ2) is 6.71. The Morgan fingerprint density at radius 2 is 2.04 bits per heavy atom. The van der Waals surface area contributed by atoms with E-state index in [4.69, 9.17) is 0 Å². The van der Waals surface area contributed by atoms with Gasteiger partial charge in [-0.2, -0.15) is 18.2 Å². The fourth-order valence-corrected chi connectivity index (χ4v) is 2.94. The largest absolute Gasteiger partial charge is 0.421 e. The summed E-state index contributed by atoms with van der Waals surface area (Å²) in [6, 6.07) is 5.32. The maximum atomic E-state index is 13.2. The van der Waals surface area contributed by atoms with Crippen molar-refractivity contribution in [2.45, 2.75) is 31.9 Å². The number of carbonyl (C=O) groups excluding carboxylic acids is 1. The summed E-state index contributed by atoms with van der Waals surface area (Å²) >= 11 is 0. The van der Waals surface area contributed by atoms with Crippen molar-refractivity contribution in [3.05, 3.63) is 35.5 Å². The van der Waals surface area contributed by atoms with Gasteiger partial charge in [-0.25, -0.2) is 4.98 Å². The summed E-state index contributed by atoms with van der Waals surface area (Å²) in [5.74, 6) is 0.257. The summed E-state index contributed by atoms with van der Waals surface area (Å²) < 4.78 is 39.6. The van der Waals surface area contributed by atoms with Gasteiger partial charge in [0, 0.05) is 30.5 Å². The summed E-state index contributed by atoms with van der Waals surface area (Å²) in [5.41, 5.74) is 1.48. The number of nitrogens with one attached hydrogen (secondary N) is 3. The molecule has 9 heteroatoms. The van der Waals surface area contributed by atoms with Crippen molar-refractivity contribution in [3.8, 4) is 0 Å². The van der Waals surface area contributed by atoms with Gasteiger partial charge in [-0.05, 0) is 48.9 Å². The number of benzene rings is 1. The Hall–Kier alpha value is -2.84. The highest BCUT2D eigenvalue weighted by atomic mass is 19.4. The fourth-order valence-electron chi connectivity index (χ4n) is 2.94. The van der Waals surface area contributed by atoms with Crippen LogP contribution in [-0.2, 0) is 17.4 Å². The van der Waals surface area contributed by atoms with Crippen LogP contribution in [0, 0.1) is 5.92 Å². The molecule has 0 bridgehead atoms. The van der Waals surface area contributed by atoms with Gasteiger partial charge in [0.2, 0.25) is 11.9 Å². The Labute approximate surface area is 153 Å². The first-order valence-electron chi connectivity index (χ1n) is 8.76. The maximum Gasteiger partial charge on any atom is 0.421 e. The summed E-state index contributed by atoms with van der Waals surface area (Å²) in [6.07, 6.45) is -0.661. The van der Waals surface area contributed by atoms with Gasteiger partial charge in [0.15, 0.2) is 0 Å². The summed E-state index contributed by atoms with van der Waals surface area (Å²) in [7, 11) is 0. The molecule has 2 heterocycles. The lowest BCUT2D eigenvalue weighted by Gasteiger charge is -2.18. The minimum Gasteiger partial charge on any atom is -0.369 e. The molecule has 3 N–H and O–H groups in total. The van der Waals surface area contributed by atoms with Gasteiger partial charge in [0.25, 0.3) is 0 Å². The smallest absolute Gasteiger partial charge is 0.369 e. The molecular weight excluding hydrogens is 359 g/mol. The number of alkyl halides is 3. The lowest BCUT2D eigenvalue weighted by atomic mass is 10.0. The molecule has 27 heavy (non-hydrogen) atoms. The maximum absolute atomic E-state index is 13.2. The molecule has 1 aromatic carbocycles. The number of anilines is 4. The van der Waals surface area contributed by atoms with Gasteiger partial charge >= 0.3 is 6.18 Å². The van der Waals surface area contributed by atoms with E-state index in [9.17, 15) is 18.0 Å². The van der Waals surface area contributed by atoms with E-state index in [-0.39, 0.29) is 17.7 Å². The van der Waals surface area contributed by atoms with Crippen molar-refractivity contribution in [3.63, 3.8) is 0 Å². The van der Waals surface area contributed by atoms with E-state index in [0.29, 0.717) is 31.0 Å². The first-order chi connectivity index (χ1) is 12.9.